The lowest BCUT2D eigenvalue weighted by atomic mass is 9.83. The average Bonchev–Trinajstić information content (AvgIpc) is 3.12. The number of methoxy groups -OCH3 is 1. The highest BCUT2D eigenvalue weighted by Gasteiger charge is 2.26. The Balaban J connectivity index is 1.42. The van der Waals surface area contributed by atoms with Crippen molar-refractivity contribution in [3.05, 3.63) is 29.8 Å². The summed E-state index contributed by atoms with van der Waals surface area (Å²) in [5, 5.41) is 3.14. The van der Waals surface area contributed by atoms with Crippen molar-refractivity contribution in [3.8, 4) is 5.75 Å². The van der Waals surface area contributed by atoms with E-state index in [0.29, 0.717) is 17.9 Å². The Kier molecular flexibility index (Phi) is 7.31. The molecule has 2 saturated carbocycles. The van der Waals surface area contributed by atoms with Crippen molar-refractivity contribution >= 4 is 11.9 Å². The van der Waals surface area contributed by atoms with Crippen molar-refractivity contribution in [2.45, 2.75) is 76.0 Å². The topological polar surface area (TPSA) is 90.6 Å². The standard InChI is InChI=1S/C22H32N2O4/c1-27-21(25)14-7-15-5-10-17(11-6-15)24-22(26)16-8-12-18(13-9-16)28-20-4-2-3-19(20)23/h8-9,12-13,15,17,19-20H,2-7,10-11,14,23H2,1H3,(H,24,26)/t15?,17?,19-,20+/m1/s1. The number of hydrogen-bond acceptors (Lipinski definition) is 5. The molecular formula is C22H32N2O4. The minimum atomic E-state index is -0.141. The van der Waals surface area contributed by atoms with Crippen molar-refractivity contribution < 1.29 is 19.1 Å². The molecule has 0 unspecified atom stereocenters. The summed E-state index contributed by atoms with van der Waals surface area (Å²) >= 11 is 0. The van der Waals surface area contributed by atoms with Gasteiger partial charge in [-0.2, -0.15) is 0 Å². The van der Waals surface area contributed by atoms with E-state index in [9.17, 15) is 9.59 Å². The molecule has 2 aliphatic rings. The molecule has 6 nitrogen and oxygen atoms in total. The third-order valence-electron chi connectivity index (χ3n) is 6.07. The van der Waals surface area contributed by atoms with E-state index >= 15 is 0 Å². The first-order valence-electron chi connectivity index (χ1n) is 10.4. The van der Waals surface area contributed by atoms with Crippen molar-refractivity contribution in [3.63, 3.8) is 0 Å². The van der Waals surface area contributed by atoms with Crippen LogP contribution in [-0.2, 0) is 9.53 Å². The molecule has 1 amide bonds. The summed E-state index contributed by atoms with van der Waals surface area (Å²) in [6.45, 7) is 0. The van der Waals surface area contributed by atoms with E-state index in [0.717, 1.165) is 57.1 Å². The Bertz CT molecular complexity index is 653. The van der Waals surface area contributed by atoms with Crippen LogP contribution in [0.1, 0.15) is 68.1 Å². The van der Waals surface area contributed by atoms with Gasteiger partial charge in [-0.05, 0) is 81.5 Å². The van der Waals surface area contributed by atoms with Gasteiger partial charge in [0, 0.05) is 24.1 Å². The number of benzene rings is 1. The first kappa shape index (κ1) is 20.6. The lowest BCUT2D eigenvalue weighted by Crippen LogP contribution is -2.37. The van der Waals surface area contributed by atoms with E-state index in [4.69, 9.17) is 15.2 Å². The Labute approximate surface area is 167 Å². The molecule has 2 fully saturated rings. The monoisotopic (exact) mass is 388 g/mol. The number of carbonyl (C=O) groups excluding carboxylic acids is 2. The summed E-state index contributed by atoms with van der Waals surface area (Å²) in [4.78, 5) is 23.8. The Morgan fingerprint density at radius 1 is 1.07 bits per heavy atom. The molecule has 2 aliphatic carbocycles. The molecule has 3 rings (SSSR count). The van der Waals surface area contributed by atoms with Gasteiger partial charge < -0.3 is 20.5 Å². The zero-order valence-electron chi connectivity index (χ0n) is 16.7. The number of esters is 1. The molecule has 2 atom stereocenters. The van der Waals surface area contributed by atoms with Gasteiger partial charge in [-0.25, -0.2) is 0 Å². The number of nitrogens with two attached hydrogens (primary N) is 1. The fourth-order valence-electron chi connectivity index (χ4n) is 4.25. The number of nitrogens with one attached hydrogen (secondary N) is 1. The highest BCUT2D eigenvalue weighted by atomic mass is 16.5. The average molecular weight is 389 g/mol. The largest absolute Gasteiger partial charge is 0.489 e. The van der Waals surface area contributed by atoms with Crippen LogP contribution in [-0.4, -0.2) is 37.2 Å². The van der Waals surface area contributed by atoms with Gasteiger partial charge in [0.1, 0.15) is 11.9 Å². The molecular weight excluding hydrogens is 356 g/mol. The molecule has 0 aliphatic heterocycles. The molecule has 0 radical (unpaired) electrons. The Morgan fingerprint density at radius 3 is 2.39 bits per heavy atom. The Morgan fingerprint density at radius 2 is 1.79 bits per heavy atom. The molecule has 6 heteroatoms. The summed E-state index contributed by atoms with van der Waals surface area (Å²) < 4.78 is 10.6. The number of amides is 1. The summed E-state index contributed by atoms with van der Waals surface area (Å²) in [7, 11) is 1.43. The lowest BCUT2D eigenvalue weighted by Gasteiger charge is -2.29. The maximum Gasteiger partial charge on any atom is 0.305 e. The van der Waals surface area contributed by atoms with Crippen LogP contribution in [0.4, 0.5) is 0 Å². The third kappa shape index (κ3) is 5.71. The molecule has 3 N–H and O–H groups in total. The molecule has 0 spiro atoms. The maximum absolute atomic E-state index is 12.5. The van der Waals surface area contributed by atoms with Gasteiger partial charge in [-0.1, -0.05) is 0 Å². The molecule has 1 aromatic rings. The molecule has 0 heterocycles. The van der Waals surface area contributed by atoms with Crippen LogP contribution in [0.2, 0.25) is 0 Å². The van der Waals surface area contributed by atoms with E-state index < -0.39 is 0 Å². The molecule has 1 aromatic carbocycles. The zero-order chi connectivity index (χ0) is 19.9. The van der Waals surface area contributed by atoms with Crippen LogP contribution in [0.25, 0.3) is 0 Å². The maximum atomic E-state index is 12.5. The smallest absolute Gasteiger partial charge is 0.305 e. The number of ether oxygens (including phenoxy) is 2. The summed E-state index contributed by atoms with van der Waals surface area (Å²) in [5.41, 5.74) is 6.70. The van der Waals surface area contributed by atoms with Gasteiger partial charge in [-0.3, -0.25) is 9.59 Å². The van der Waals surface area contributed by atoms with Gasteiger partial charge in [0.25, 0.3) is 5.91 Å². The SMILES string of the molecule is COC(=O)CCC1CCC(NC(=O)c2ccc(O[C@H]3CCC[C@H]3N)cc2)CC1. The summed E-state index contributed by atoms with van der Waals surface area (Å²) in [5.74, 6) is 1.13. The van der Waals surface area contributed by atoms with Crippen LogP contribution in [0.3, 0.4) is 0 Å². The van der Waals surface area contributed by atoms with Crippen molar-refractivity contribution in [2.75, 3.05) is 7.11 Å². The van der Waals surface area contributed by atoms with Crippen LogP contribution in [0, 0.1) is 5.92 Å². The second kappa shape index (κ2) is 9.92. The van der Waals surface area contributed by atoms with Crippen molar-refractivity contribution in [1.29, 1.82) is 0 Å². The van der Waals surface area contributed by atoms with Gasteiger partial charge in [0.15, 0.2) is 0 Å². The van der Waals surface area contributed by atoms with E-state index in [1.54, 1.807) is 0 Å². The molecule has 0 aromatic heterocycles. The fraction of sp³-hybridized carbons (Fsp3) is 0.636. The number of carbonyl (C=O) groups is 2. The van der Waals surface area contributed by atoms with Crippen LogP contribution < -0.4 is 15.8 Å². The summed E-state index contributed by atoms with van der Waals surface area (Å²) in [6.07, 6.45) is 8.54. The highest BCUT2D eigenvalue weighted by molar-refractivity contribution is 5.94. The summed E-state index contributed by atoms with van der Waals surface area (Å²) in [6, 6.07) is 7.63. The first-order valence-corrected chi connectivity index (χ1v) is 10.4. The van der Waals surface area contributed by atoms with Crippen LogP contribution in [0.15, 0.2) is 24.3 Å². The first-order chi connectivity index (χ1) is 13.5. The lowest BCUT2D eigenvalue weighted by molar-refractivity contribution is -0.141. The third-order valence-corrected chi connectivity index (χ3v) is 6.07. The van der Waals surface area contributed by atoms with Gasteiger partial charge >= 0.3 is 5.97 Å². The van der Waals surface area contributed by atoms with E-state index in [2.05, 4.69) is 5.32 Å². The minimum Gasteiger partial charge on any atom is -0.489 e. The van der Waals surface area contributed by atoms with E-state index in [-0.39, 0.29) is 30.1 Å². The second-order valence-corrected chi connectivity index (χ2v) is 8.08. The van der Waals surface area contributed by atoms with Gasteiger partial charge in [0.05, 0.1) is 7.11 Å². The van der Waals surface area contributed by atoms with Crippen LogP contribution in [0.5, 0.6) is 5.75 Å². The van der Waals surface area contributed by atoms with E-state index in [1.165, 1.54) is 7.11 Å². The minimum absolute atomic E-state index is 0.0397. The van der Waals surface area contributed by atoms with Crippen LogP contribution >= 0.6 is 0 Å². The predicted octanol–water partition coefficient (Wildman–Crippen LogP) is 3.19. The quantitative estimate of drug-likeness (QED) is 0.700. The number of rotatable bonds is 7. The second-order valence-electron chi connectivity index (χ2n) is 8.08. The molecule has 154 valence electrons. The zero-order valence-corrected chi connectivity index (χ0v) is 16.7. The van der Waals surface area contributed by atoms with Crippen molar-refractivity contribution in [2.24, 2.45) is 11.7 Å². The fourth-order valence-corrected chi connectivity index (χ4v) is 4.25. The van der Waals surface area contributed by atoms with E-state index in [1.807, 2.05) is 24.3 Å². The highest BCUT2D eigenvalue weighted by Crippen LogP contribution is 2.28. The number of hydrogen-bond donors (Lipinski definition) is 2. The normalized spacial score (nSPS) is 27.2. The van der Waals surface area contributed by atoms with Gasteiger partial charge in [-0.15, -0.1) is 0 Å². The molecule has 0 bridgehead atoms. The van der Waals surface area contributed by atoms with Crippen molar-refractivity contribution in [1.82, 2.24) is 5.32 Å². The van der Waals surface area contributed by atoms with Gasteiger partial charge in [0.2, 0.25) is 0 Å². The predicted molar refractivity (Wildman–Crippen MR) is 107 cm³/mol. The molecule has 28 heavy (non-hydrogen) atoms. The molecule has 0 saturated heterocycles. The Hall–Kier alpha value is -2.08.